The zero-order valence-electron chi connectivity index (χ0n) is 13.9. The van der Waals surface area contributed by atoms with Gasteiger partial charge < -0.3 is 10.6 Å². The van der Waals surface area contributed by atoms with Gasteiger partial charge in [-0.15, -0.1) is 24.0 Å². The van der Waals surface area contributed by atoms with Crippen LogP contribution in [0.1, 0.15) is 18.9 Å². The first-order chi connectivity index (χ1) is 11.4. The van der Waals surface area contributed by atoms with Gasteiger partial charge in [0.2, 0.25) is 0 Å². The molecular weight excluding hydrogens is 468 g/mol. The Morgan fingerprint density at radius 3 is 2.72 bits per heavy atom. The predicted molar refractivity (Wildman–Crippen MR) is 106 cm³/mol. The number of halogens is 5. The van der Waals surface area contributed by atoms with Gasteiger partial charge in [-0.25, -0.2) is 4.99 Å². The summed E-state index contributed by atoms with van der Waals surface area (Å²) in [7, 11) is 0. The first kappa shape index (κ1) is 22.3. The molecule has 1 heterocycles. The summed E-state index contributed by atoms with van der Waals surface area (Å²) >= 11 is 6.11. The predicted octanol–water partition coefficient (Wildman–Crippen LogP) is 3.65. The lowest BCUT2D eigenvalue weighted by Gasteiger charge is -2.19. The van der Waals surface area contributed by atoms with Gasteiger partial charge in [-0.1, -0.05) is 29.8 Å². The molecule has 1 aliphatic heterocycles. The zero-order valence-corrected chi connectivity index (χ0v) is 17.0. The van der Waals surface area contributed by atoms with Crippen molar-refractivity contribution in [3.8, 4) is 0 Å². The quantitative estimate of drug-likeness (QED) is 0.376. The van der Waals surface area contributed by atoms with Crippen molar-refractivity contribution in [3.63, 3.8) is 0 Å². The number of benzene rings is 1. The number of hydrogen-bond donors (Lipinski definition) is 2. The molecule has 1 aromatic carbocycles. The van der Waals surface area contributed by atoms with Crippen molar-refractivity contribution in [2.24, 2.45) is 4.99 Å². The average molecular weight is 491 g/mol. The molecule has 1 unspecified atom stereocenters. The van der Waals surface area contributed by atoms with Crippen LogP contribution in [0, 0.1) is 0 Å². The molecule has 0 amide bonds. The fraction of sp³-hybridized carbons (Fsp3) is 0.562. The maximum absolute atomic E-state index is 12.5. The van der Waals surface area contributed by atoms with E-state index in [1.54, 1.807) is 6.07 Å². The van der Waals surface area contributed by atoms with E-state index in [1.807, 2.05) is 25.1 Å². The lowest BCUT2D eigenvalue weighted by Crippen LogP contribution is -2.45. The van der Waals surface area contributed by atoms with E-state index in [2.05, 4.69) is 15.6 Å². The second kappa shape index (κ2) is 10.4. The van der Waals surface area contributed by atoms with Gasteiger partial charge in [-0.2, -0.15) is 13.2 Å². The molecule has 2 N–H and O–H groups in total. The van der Waals surface area contributed by atoms with Crippen molar-refractivity contribution in [2.45, 2.75) is 32.1 Å². The van der Waals surface area contributed by atoms with Crippen LogP contribution >= 0.6 is 35.6 Å². The number of nitrogens with zero attached hydrogens (tertiary/aromatic N) is 2. The number of aliphatic imine (C=N–C) groups is 1. The van der Waals surface area contributed by atoms with E-state index in [-0.39, 0.29) is 30.0 Å². The number of rotatable bonds is 5. The molecule has 0 aliphatic carbocycles. The number of hydrogen-bond acceptors (Lipinski definition) is 2. The molecular formula is C16H23ClF3IN4. The van der Waals surface area contributed by atoms with Crippen LogP contribution in [0.15, 0.2) is 29.3 Å². The van der Waals surface area contributed by atoms with Crippen LogP contribution in [-0.2, 0) is 6.54 Å². The molecule has 142 valence electrons. The van der Waals surface area contributed by atoms with Crippen molar-refractivity contribution in [3.05, 3.63) is 34.9 Å². The maximum atomic E-state index is 12.5. The number of likely N-dealkylation sites (tertiary alicyclic amines) is 1. The highest BCUT2D eigenvalue weighted by Gasteiger charge is 2.34. The Bertz CT molecular complexity index is 569. The maximum Gasteiger partial charge on any atom is 0.401 e. The standard InChI is InChI=1S/C16H22ClF3N4.HI/c1-2-21-15(22-9-12-5-3-4-6-14(12)17)23-13-7-8-24(10-13)11-16(18,19)20;/h3-6,13H,2,7-11H2,1H3,(H2,21,22,23);1H. The molecule has 4 nitrogen and oxygen atoms in total. The van der Waals surface area contributed by atoms with Gasteiger partial charge in [0.25, 0.3) is 0 Å². The van der Waals surface area contributed by atoms with E-state index >= 15 is 0 Å². The SMILES string of the molecule is CCNC(=NCc1ccccc1Cl)NC1CCN(CC(F)(F)F)C1.I. The minimum Gasteiger partial charge on any atom is -0.357 e. The Balaban J connectivity index is 0.00000312. The van der Waals surface area contributed by atoms with E-state index in [4.69, 9.17) is 11.6 Å². The minimum absolute atomic E-state index is 0. The molecule has 0 spiro atoms. The normalized spacial score (nSPS) is 18.8. The lowest BCUT2D eigenvalue weighted by atomic mass is 10.2. The molecule has 0 radical (unpaired) electrons. The summed E-state index contributed by atoms with van der Waals surface area (Å²) in [5, 5.41) is 6.97. The van der Waals surface area contributed by atoms with Gasteiger partial charge in [0, 0.05) is 30.7 Å². The summed E-state index contributed by atoms with van der Waals surface area (Å²) in [5.74, 6) is 0.594. The van der Waals surface area contributed by atoms with E-state index < -0.39 is 12.7 Å². The molecule has 9 heteroatoms. The Morgan fingerprint density at radius 2 is 2.08 bits per heavy atom. The van der Waals surface area contributed by atoms with Crippen molar-refractivity contribution < 1.29 is 13.2 Å². The fourth-order valence-corrected chi connectivity index (χ4v) is 2.85. The highest BCUT2D eigenvalue weighted by atomic mass is 127. The van der Waals surface area contributed by atoms with Gasteiger partial charge >= 0.3 is 6.18 Å². The van der Waals surface area contributed by atoms with Crippen LogP contribution in [0.5, 0.6) is 0 Å². The van der Waals surface area contributed by atoms with Gasteiger partial charge in [-0.05, 0) is 25.0 Å². The Kier molecular flexibility index (Phi) is 9.29. The molecule has 1 saturated heterocycles. The second-order valence-electron chi connectivity index (χ2n) is 5.77. The zero-order chi connectivity index (χ0) is 17.6. The third kappa shape index (κ3) is 8.00. The Labute approximate surface area is 168 Å². The molecule has 1 fully saturated rings. The molecule has 0 bridgehead atoms. The van der Waals surface area contributed by atoms with Crippen LogP contribution in [0.4, 0.5) is 13.2 Å². The lowest BCUT2D eigenvalue weighted by molar-refractivity contribution is -0.143. The molecule has 0 aromatic heterocycles. The second-order valence-corrected chi connectivity index (χ2v) is 6.17. The van der Waals surface area contributed by atoms with Crippen LogP contribution in [0.3, 0.4) is 0 Å². The van der Waals surface area contributed by atoms with Gasteiger partial charge in [0.05, 0.1) is 13.1 Å². The van der Waals surface area contributed by atoms with Crippen LogP contribution in [0.25, 0.3) is 0 Å². The fourth-order valence-electron chi connectivity index (χ4n) is 2.65. The van der Waals surface area contributed by atoms with E-state index in [0.29, 0.717) is 43.6 Å². The minimum atomic E-state index is -4.16. The monoisotopic (exact) mass is 490 g/mol. The third-order valence-electron chi connectivity index (χ3n) is 3.73. The van der Waals surface area contributed by atoms with Crippen molar-refractivity contribution >= 4 is 41.5 Å². The number of nitrogens with one attached hydrogen (secondary N) is 2. The van der Waals surface area contributed by atoms with Crippen LogP contribution in [0.2, 0.25) is 5.02 Å². The van der Waals surface area contributed by atoms with Gasteiger partial charge in [0.1, 0.15) is 0 Å². The Morgan fingerprint density at radius 1 is 1.36 bits per heavy atom. The topological polar surface area (TPSA) is 39.7 Å². The molecule has 1 atom stereocenters. The van der Waals surface area contributed by atoms with Crippen molar-refractivity contribution in [1.82, 2.24) is 15.5 Å². The summed E-state index contributed by atoms with van der Waals surface area (Å²) in [4.78, 5) is 5.89. The summed E-state index contributed by atoms with van der Waals surface area (Å²) < 4.78 is 37.4. The molecule has 25 heavy (non-hydrogen) atoms. The first-order valence-electron chi connectivity index (χ1n) is 7.94. The largest absolute Gasteiger partial charge is 0.401 e. The highest BCUT2D eigenvalue weighted by Crippen LogP contribution is 2.20. The average Bonchev–Trinajstić information content (AvgIpc) is 2.91. The molecule has 1 aromatic rings. The van der Waals surface area contributed by atoms with Crippen LogP contribution < -0.4 is 10.6 Å². The summed E-state index contributed by atoms with van der Waals surface area (Å²) in [5.41, 5.74) is 0.904. The van der Waals surface area contributed by atoms with Crippen molar-refractivity contribution in [2.75, 3.05) is 26.2 Å². The summed E-state index contributed by atoms with van der Waals surface area (Å²) in [6, 6.07) is 7.40. The van der Waals surface area contributed by atoms with Crippen LogP contribution in [-0.4, -0.2) is 49.3 Å². The number of alkyl halides is 3. The smallest absolute Gasteiger partial charge is 0.357 e. The van der Waals surface area contributed by atoms with Crippen molar-refractivity contribution in [1.29, 1.82) is 0 Å². The van der Waals surface area contributed by atoms with E-state index in [1.165, 1.54) is 4.90 Å². The molecule has 0 saturated carbocycles. The number of guanidine groups is 1. The summed E-state index contributed by atoms with van der Waals surface area (Å²) in [6.07, 6.45) is -3.50. The van der Waals surface area contributed by atoms with Gasteiger partial charge in [0.15, 0.2) is 5.96 Å². The first-order valence-corrected chi connectivity index (χ1v) is 8.32. The Hall–Kier alpha value is -0.740. The third-order valence-corrected chi connectivity index (χ3v) is 4.09. The van der Waals surface area contributed by atoms with E-state index in [0.717, 1.165) is 5.56 Å². The molecule has 1 aliphatic rings. The molecule has 2 rings (SSSR count). The highest BCUT2D eigenvalue weighted by molar-refractivity contribution is 14.0. The summed E-state index contributed by atoms with van der Waals surface area (Å²) in [6.45, 7) is 2.95. The van der Waals surface area contributed by atoms with E-state index in [9.17, 15) is 13.2 Å². The van der Waals surface area contributed by atoms with Gasteiger partial charge in [-0.3, -0.25) is 4.90 Å².